The van der Waals surface area contributed by atoms with Gasteiger partial charge < -0.3 is 20.1 Å². The fourth-order valence-electron chi connectivity index (χ4n) is 3.22. The Morgan fingerprint density at radius 1 is 1.21 bits per heavy atom. The summed E-state index contributed by atoms with van der Waals surface area (Å²) in [6.07, 6.45) is 0.540. The van der Waals surface area contributed by atoms with Crippen molar-refractivity contribution in [2.45, 2.75) is 76.6 Å². The van der Waals surface area contributed by atoms with Gasteiger partial charge in [-0.2, -0.15) is 0 Å². The van der Waals surface area contributed by atoms with Gasteiger partial charge in [-0.1, -0.05) is 0 Å². The van der Waals surface area contributed by atoms with Gasteiger partial charge in [0, 0.05) is 18.9 Å². The zero-order chi connectivity index (χ0) is 18.1. The molecule has 2 saturated heterocycles. The van der Waals surface area contributed by atoms with Crippen LogP contribution in [0.2, 0.25) is 0 Å². The highest BCUT2D eigenvalue weighted by Crippen LogP contribution is 2.30. The van der Waals surface area contributed by atoms with Crippen LogP contribution in [-0.2, 0) is 19.1 Å². The van der Waals surface area contributed by atoms with Crippen molar-refractivity contribution in [3.8, 4) is 0 Å². The first-order valence-electron chi connectivity index (χ1n) is 8.14. The molecule has 0 aromatic rings. The van der Waals surface area contributed by atoms with Crippen molar-refractivity contribution in [1.82, 2.24) is 10.2 Å². The van der Waals surface area contributed by atoms with Gasteiger partial charge in [0.25, 0.3) is 0 Å². The standard InChI is InChI=1S/C16H24N2O6/c1-16(2,3)24-15(23)17-11-6-5-10(19)8-9-4-7-12(14(21)22)18(9)13(11)20/h9,11-12H,4-8H2,1-3H3,(H,17,23)(H,21,22). The molecule has 2 amide bonds. The first kappa shape index (κ1) is 18.2. The van der Waals surface area contributed by atoms with Gasteiger partial charge >= 0.3 is 12.1 Å². The van der Waals surface area contributed by atoms with E-state index in [1.165, 1.54) is 4.90 Å². The molecule has 0 radical (unpaired) electrons. The highest BCUT2D eigenvalue weighted by atomic mass is 16.6. The molecule has 2 fully saturated rings. The monoisotopic (exact) mass is 340 g/mol. The van der Waals surface area contributed by atoms with Crippen LogP contribution in [0.4, 0.5) is 4.79 Å². The quantitative estimate of drug-likeness (QED) is 0.777. The lowest BCUT2D eigenvalue weighted by atomic mass is 9.98. The van der Waals surface area contributed by atoms with Gasteiger partial charge in [-0.15, -0.1) is 0 Å². The summed E-state index contributed by atoms with van der Waals surface area (Å²) in [5.74, 6) is -1.57. The van der Waals surface area contributed by atoms with E-state index in [0.717, 1.165) is 0 Å². The molecule has 0 aromatic heterocycles. The van der Waals surface area contributed by atoms with E-state index >= 15 is 0 Å². The number of carbonyl (C=O) groups excluding carboxylic acids is 3. The molecule has 3 atom stereocenters. The summed E-state index contributed by atoms with van der Waals surface area (Å²) >= 11 is 0. The molecule has 0 aromatic carbocycles. The summed E-state index contributed by atoms with van der Waals surface area (Å²) in [6, 6.07) is -2.31. The van der Waals surface area contributed by atoms with E-state index in [1.807, 2.05) is 0 Å². The fourth-order valence-corrected chi connectivity index (χ4v) is 3.22. The van der Waals surface area contributed by atoms with Crippen LogP contribution in [0.5, 0.6) is 0 Å². The number of nitrogens with zero attached hydrogens (tertiary/aromatic N) is 1. The molecule has 24 heavy (non-hydrogen) atoms. The third-order valence-corrected chi connectivity index (χ3v) is 4.21. The van der Waals surface area contributed by atoms with Crippen LogP contribution in [0.15, 0.2) is 0 Å². The Bertz CT molecular complexity index is 553. The van der Waals surface area contributed by atoms with Gasteiger partial charge in [0.05, 0.1) is 0 Å². The van der Waals surface area contributed by atoms with E-state index in [9.17, 15) is 24.3 Å². The Morgan fingerprint density at radius 3 is 2.46 bits per heavy atom. The summed E-state index contributed by atoms with van der Waals surface area (Å²) < 4.78 is 5.15. The lowest BCUT2D eigenvalue weighted by Gasteiger charge is -2.34. The van der Waals surface area contributed by atoms with Gasteiger partial charge in [0.1, 0.15) is 23.5 Å². The molecule has 3 unspecified atom stereocenters. The van der Waals surface area contributed by atoms with Gasteiger partial charge in [-0.05, 0) is 40.0 Å². The van der Waals surface area contributed by atoms with E-state index in [2.05, 4.69) is 5.32 Å². The maximum Gasteiger partial charge on any atom is 0.408 e. The van der Waals surface area contributed by atoms with Gasteiger partial charge in [0.15, 0.2) is 0 Å². The molecule has 2 N–H and O–H groups in total. The lowest BCUT2D eigenvalue weighted by Crippen LogP contribution is -2.56. The normalized spacial score (nSPS) is 28.0. The molecule has 0 spiro atoms. The zero-order valence-corrected chi connectivity index (χ0v) is 14.2. The Balaban J connectivity index is 2.18. The number of rotatable bonds is 2. The first-order valence-corrected chi connectivity index (χ1v) is 8.14. The number of hydrogen-bond acceptors (Lipinski definition) is 5. The van der Waals surface area contributed by atoms with Crippen molar-refractivity contribution in [1.29, 1.82) is 0 Å². The molecule has 2 aliphatic heterocycles. The molecular formula is C16H24N2O6. The average molecular weight is 340 g/mol. The van der Waals surface area contributed by atoms with Crippen molar-refractivity contribution >= 4 is 23.8 Å². The zero-order valence-electron chi connectivity index (χ0n) is 14.2. The Kier molecular flexibility index (Phi) is 5.15. The van der Waals surface area contributed by atoms with E-state index in [1.54, 1.807) is 20.8 Å². The minimum absolute atomic E-state index is 0.0282. The van der Waals surface area contributed by atoms with E-state index in [0.29, 0.717) is 12.8 Å². The minimum atomic E-state index is -1.09. The molecule has 0 bridgehead atoms. The fraction of sp³-hybridized carbons (Fsp3) is 0.750. The summed E-state index contributed by atoms with van der Waals surface area (Å²) in [5, 5.41) is 11.8. The third kappa shape index (κ3) is 4.24. The minimum Gasteiger partial charge on any atom is -0.480 e. The van der Waals surface area contributed by atoms with Crippen LogP contribution >= 0.6 is 0 Å². The summed E-state index contributed by atoms with van der Waals surface area (Å²) in [7, 11) is 0. The number of hydrogen-bond donors (Lipinski definition) is 2. The predicted octanol–water partition coefficient (Wildman–Crippen LogP) is 1.08. The van der Waals surface area contributed by atoms with E-state index in [4.69, 9.17) is 4.74 Å². The Morgan fingerprint density at radius 2 is 1.88 bits per heavy atom. The number of carboxylic acid groups (broad SMARTS) is 1. The maximum absolute atomic E-state index is 12.8. The summed E-state index contributed by atoms with van der Waals surface area (Å²) in [4.78, 5) is 49.4. The Labute approximate surface area is 140 Å². The van der Waals surface area contributed by atoms with Gasteiger partial charge in [-0.3, -0.25) is 9.59 Å². The Hall–Kier alpha value is -2.12. The number of aliphatic carboxylic acids is 1. The second-order valence-corrected chi connectivity index (χ2v) is 7.31. The molecule has 8 nitrogen and oxygen atoms in total. The second-order valence-electron chi connectivity index (χ2n) is 7.31. The van der Waals surface area contributed by atoms with Crippen molar-refractivity contribution < 1.29 is 29.0 Å². The number of Topliss-reactive ketones (excluding diaryl/α,β-unsaturated/α-hetero) is 1. The van der Waals surface area contributed by atoms with Crippen LogP contribution < -0.4 is 5.32 Å². The van der Waals surface area contributed by atoms with Crippen molar-refractivity contribution in [2.75, 3.05) is 0 Å². The molecule has 2 rings (SSSR count). The molecule has 134 valence electrons. The number of nitrogens with one attached hydrogen (secondary N) is 1. The second kappa shape index (κ2) is 6.78. The van der Waals surface area contributed by atoms with E-state index in [-0.39, 0.29) is 25.0 Å². The number of alkyl carbamates (subject to hydrolysis) is 1. The number of ether oxygens (including phenoxy) is 1. The van der Waals surface area contributed by atoms with Gasteiger partial charge in [0.2, 0.25) is 5.91 Å². The molecule has 2 aliphatic rings. The van der Waals surface area contributed by atoms with Crippen LogP contribution in [0, 0.1) is 0 Å². The van der Waals surface area contributed by atoms with Crippen LogP contribution in [0.25, 0.3) is 0 Å². The number of amides is 2. The number of fused-ring (bicyclic) bond motifs is 1. The third-order valence-electron chi connectivity index (χ3n) is 4.21. The smallest absolute Gasteiger partial charge is 0.408 e. The van der Waals surface area contributed by atoms with Crippen molar-refractivity contribution in [2.24, 2.45) is 0 Å². The molecule has 0 saturated carbocycles. The first-order chi connectivity index (χ1) is 11.1. The van der Waals surface area contributed by atoms with Crippen LogP contribution in [0.3, 0.4) is 0 Å². The molecule has 0 aliphatic carbocycles. The van der Waals surface area contributed by atoms with E-state index < -0.39 is 41.7 Å². The SMILES string of the molecule is CC(C)(C)OC(=O)NC1CCC(=O)CC2CCC(C(=O)O)N2C1=O. The summed E-state index contributed by atoms with van der Waals surface area (Å²) in [5.41, 5.74) is -0.718. The van der Waals surface area contributed by atoms with Gasteiger partial charge in [-0.25, -0.2) is 9.59 Å². The highest BCUT2D eigenvalue weighted by molar-refractivity contribution is 5.92. The lowest BCUT2D eigenvalue weighted by molar-refractivity contribution is -0.151. The summed E-state index contributed by atoms with van der Waals surface area (Å²) in [6.45, 7) is 5.10. The van der Waals surface area contributed by atoms with Crippen LogP contribution in [-0.4, -0.2) is 57.5 Å². The number of carboxylic acids is 1. The van der Waals surface area contributed by atoms with Crippen LogP contribution in [0.1, 0.15) is 52.9 Å². The number of ketones is 1. The molecular weight excluding hydrogens is 316 g/mol. The number of carbonyl (C=O) groups is 4. The largest absolute Gasteiger partial charge is 0.480 e. The maximum atomic E-state index is 12.8. The molecule has 2 heterocycles. The predicted molar refractivity (Wildman–Crippen MR) is 83.3 cm³/mol. The average Bonchev–Trinajstić information content (AvgIpc) is 2.82. The van der Waals surface area contributed by atoms with Crippen molar-refractivity contribution in [3.05, 3.63) is 0 Å². The van der Waals surface area contributed by atoms with Crippen molar-refractivity contribution in [3.63, 3.8) is 0 Å². The molecule has 8 heteroatoms. The topological polar surface area (TPSA) is 113 Å². The highest BCUT2D eigenvalue weighted by Gasteiger charge is 2.45.